The summed E-state index contributed by atoms with van der Waals surface area (Å²) >= 11 is 0. The van der Waals surface area contributed by atoms with Crippen LogP contribution in [0.5, 0.6) is 0 Å². The zero-order valence-corrected chi connectivity index (χ0v) is 15.4. The van der Waals surface area contributed by atoms with Crippen molar-refractivity contribution in [1.82, 2.24) is 0 Å². The van der Waals surface area contributed by atoms with E-state index in [0.29, 0.717) is 0 Å². The first-order valence-corrected chi connectivity index (χ1v) is 8.45. The quantitative estimate of drug-likeness (QED) is 0.312. The summed E-state index contributed by atoms with van der Waals surface area (Å²) in [5, 5.41) is 12.3. The number of carbonyl (C=O) groups is 1. The van der Waals surface area contributed by atoms with Crippen molar-refractivity contribution in [1.29, 1.82) is 0 Å². The summed E-state index contributed by atoms with van der Waals surface area (Å²) in [6, 6.07) is 0. The second-order valence-electron chi connectivity index (χ2n) is 7.29. The maximum atomic E-state index is 14.2. The summed E-state index contributed by atoms with van der Waals surface area (Å²) in [5.74, 6) is -47.2. The van der Waals surface area contributed by atoms with Crippen molar-refractivity contribution < 1.29 is 75.8 Å². The van der Waals surface area contributed by atoms with Gasteiger partial charge in [0, 0.05) is 11.1 Å². The number of carbonyl (C=O) groups excluding carboxylic acids is 1. The maximum Gasteiger partial charge on any atom is 0.414 e. The van der Waals surface area contributed by atoms with Crippen molar-refractivity contribution in [3.05, 3.63) is 40.0 Å². The lowest BCUT2D eigenvalue weighted by Gasteiger charge is -2.40. The highest BCUT2D eigenvalue weighted by atomic mass is 19.4. The molecule has 0 unspecified atom stereocenters. The van der Waals surface area contributed by atoms with E-state index in [1.807, 2.05) is 0 Å². The molecule has 1 fully saturated rings. The standard InChI is InChI=1S/C17H5F15O2/c18-6-3-1-2-4(10(33)5(3)7(19)9(21)8(6)20)11(34)12(17(30,31)32)13(22,23)15(26,27)16(28,29)14(12,24)25/h33H,1-2H2/p-1. The molecule has 0 aromatic heterocycles. The Labute approximate surface area is 176 Å². The first-order valence-electron chi connectivity index (χ1n) is 8.45. The average Bonchev–Trinajstić information content (AvgIpc) is 2.74. The lowest BCUT2D eigenvalue weighted by molar-refractivity contribution is -0.342. The first kappa shape index (κ1) is 26.0. The van der Waals surface area contributed by atoms with Crippen LogP contribution in [0.15, 0.2) is 5.57 Å². The molecule has 3 rings (SSSR count). The van der Waals surface area contributed by atoms with Crippen LogP contribution in [-0.2, 0) is 11.2 Å². The monoisotopic (exact) mass is 525 g/mol. The zero-order chi connectivity index (χ0) is 26.6. The first-order chi connectivity index (χ1) is 15.1. The molecule has 1 aromatic carbocycles. The second-order valence-corrected chi connectivity index (χ2v) is 7.29. The number of rotatable bonds is 2. The Hall–Kier alpha value is -2.62. The minimum atomic E-state index is -7.59. The maximum absolute atomic E-state index is 14.2. The van der Waals surface area contributed by atoms with Gasteiger partial charge in [0.2, 0.25) is 0 Å². The molecule has 0 amide bonds. The summed E-state index contributed by atoms with van der Waals surface area (Å²) in [6.45, 7) is 0. The van der Waals surface area contributed by atoms with Crippen molar-refractivity contribution in [2.75, 3.05) is 0 Å². The van der Waals surface area contributed by atoms with Gasteiger partial charge in [0.25, 0.3) is 5.41 Å². The van der Waals surface area contributed by atoms with Crippen LogP contribution in [-0.4, -0.2) is 35.6 Å². The molecule has 2 nitrogen and oxygen atoms in total. The van der Waals surface area contributed by atoms with Gasteiger partial charge < -0.3 is 5.11 Å². The van der Waals surface area contributed by atoms with Gasteiger partial charge in [0.15, 0.2) is 29.1 Å². The molecule has 0 spiro atoms. The van der Waals surface area contributed by atoms with Crippen molar-refractivity contribution in [3.63, 3.8) is 0 Å². The van der Waals surface area contributed by atoms with Gasteiger partial charge in [-0.2, -0.15) is 48.3 Å². The summed E-state index contributed by atoms with van der Waals surface area (Å²) in [5.41, 5.74) is -13.3. The lowest BCUT2D eigenvalue weighted by atomic mass is 9.70. The molecule has 17 heteroatoms. The van der Waals surface area contributed by atoms with Gasteiger partial charge in [-0.3, -0.25) is 4.79 Å². The summed E-state index contributed by atoms with van der Waals surface area (Å²) < 4.78 is 206. The molecular formula is C17H4F15O2-. The van der Waals surface area contributed by atoms with Gasteiger partial charge in [-0.25, -0.2) is 17.6 Å². The van der Waals surface area contributed by atoms with Gasteiger partial charge in [-0.1, -0.05) is 5.76 Å². The van der Waals surface area contributed by atoms with Gasteiger partial charge >= 0.3 is 29.9 Å². The third-order valence-electron chi connectivity index (χ3n) is 5.66. The Morgan fingerprint density at radius 1 is 0.676 bits per heavy atom. The van der Waals surface area contributed by atoms with Crippen LogP contribution in [0, 0.1) is 28.7 Å². The van der Waals surface area contributed by atoms with E-state index < -0.39 is 99.6 Å². The van der Waals surface area contributed by atoms with E-state index in [2.05, 4.69) is 0 Å². The van der Waals surface area contributed by atoms with Crippen LogP contribution >= 0.6 is 0 Å². The molecular weight excluding hydrogens is 521 g/mol. The number of hydrogen-bond acceptors (Lipinski definition) is 2. The van der Waals surface area contributed by atoms with Gasteiger partial charge in [0.1, 0.15) is 0 Å². The number of alkyl halides is 11. The van der Waals surface area contributed by atoms with Gasteiger partial charge in [-0.05, 0) is 18.4 Å². The molecule has 0 heterocycles. The third kappa shape index (κ3) is 2.44. The predicted molar refractivity (Wildman–Crippen MR) is 74.8 cm³/mol. The third-order valence-corrected chi connectivity index (χ3v) is 5.66. The largest absolute Gasteiger partial charge is 0.872 e. The molecule has 1 aromatic rings. The lowest BCUT2D eigenvalue weighted by Crippen LogP contribution is -2.65. The molecule has 0 saturated heterocycles. The number of fused-ring (bicyclic) bond motifs is 1. The number of hydrogen-bond donors (Lipinski definition) is 0. The minimum absolute atomic E-state index is 1.46. The van der Waals surface area contributed by atoms with E-state index in [1.165, 1.54) is 0 Å². The van der Waals surface area contributed by atoms with Crippen LogP contribution < -0.4 is 5.11 Å². The van der Waals surface area contributed by atoms with Crippen molar-refractivity contribution in [2.45, 2.75) is 42.7 Å². The van der Waals surface area contributed by atoms with Gasteiger partial charge in [0.05, 0.1) is 0 Å². The van der Waals surface area contributed by atoms with Crippen molar-refractivity contribution in [3.8, 4) is 0 Å². The molecule has 1 saturated carbocycles. The Balaban J connectivity index is 2.44. The Bertz CT molecular complexity index is 1100. The molecule has 0 atom stereocenters. The summed E-state index contributed by atoms with van der Waals surface area (Å²) in [4.78, 5) is 12.4. The molecule has 2 aliphatic rings. The normalized spacial score (nSPS) is 24.2. The molecule has 0 aliphatic heterocycles. The van der Waals surface area contributed by atoms with Gasteiger partial charge in [-0.15, -0.1) is 0 Å². The number of allylic oxidation sites excluding steroid dienone is 1. The van der Waals surface area contributed by atoms with Crippen molar-refractivity contribution >= 4 is 11.5 Å². The molecule has 190 valence electrons. The SMILES string of the molecule is O=C(C1=C([O-])c2c(F)c(F)c(F)c(F)c2CC1)C1(C(F)(F)F)C(F)(F)C(F)(F)C(F)(F)C1(F)F. The second kappa shape index (κ2) is 6.74. The number of ketones is 1. The molecule has 2 aliphatic carbocycles. The average molecular weight is 525 g/mol. The highest BCUT2D eigenvalue weighted by molar-refractivity contribution is 6.07. The highest BCUT2D eigenvalue weighted by Crippen LogP contribution is 2.76. The van der Waals surface area contributed by atoms with Crippen molar-refractivity contribution in [2.24, 2.45) is 5.41 Å². The summed E-state index contributed by atoms with van der Waals surface area (Å²) in [7, 11) is 0. The zero-order valence-electron chi connectivity index (χ0n) is 15.4. The van der Waals surface area contributed by atoms with E-state index >= 15 is 0 Å². The Kier molecular flexibility index (Phi) is 5.15. The van der Waals surface area contributed by atoms with Crippen LogP contribution in [0.1, 0.15) is 17.5 Å². The molecule has 0 bridgehead atoms. The van der Waals surface area contributed by atoms with E-state index in [0.717, 1.165) is 0 Å². The van der Waals surface area contributed by atoms with Crippen LogP contribution in [0.4, 0.5) is 65.9 Å². The van der Waals surface area contributed by atoms with Crippen LogP contribution in [0.2, 0.25) is 0 Å². The van der Waals surface area contributed by atoms with E-state index in [4.69, 9.17) is 0 Å². The number of Topliss-reactive ketones (excluding diaryl/α,β-unsaturated/α-hetero) is 1. The molecule has 0 radical (unpaired) electrons. The Morgan fingerprint density at radius 3 is 1.50 bits per heavy atom. The van der Waals surface area contributed by atoms with E-state index in [1.54, 1.807) is 0 Å². The number of benzene rings is 1. The fourth-order valence-electron chi connectivity index (χ4n) is 3.94. The fraction of sp³-hybridized carbons (Fsp3) is 0.471. The van der Waals surface area contributed by atoms with E-state index in [-0.39, 0.29) is 0 Å². The number of halogens is 15. The molecule has 0 N–H and O–H groups in total. The molecule has 34 heavy (non-hydrogen) atoms. The van der Waals surface area contributed by atoms with Crippen LogP contribution in [0.3, 0.4) is 0 Å². The van der Waals surface area contributed by atoms with Crippen LogP contribution in [0.25, 0.3) is 5.76 Å². The minimum Gasteiger partial charge on any atom is -0.872 e. The summed E-state index contributed by atoms with van der Waals surface area (Å²) in [6.07, 6.45) is -10.9. The topological polar surface area (TPSA) is 40.1 Å². The fourth-order valence-corrected chi connectivity index (χ4v) is 3.94. The highest BCUT2D eigenvalue weighted by Gasteiger charge is 3.06. The smallest absolute Gasteiger partial charge is 0.414 e. The predicted octanol–water partition coefficient (Wildman–Crippen LogP) is 4.93. The Morgan fingerprint density at radius 2 is 1.09 bits per heavy atom. The van der Waals surface area contributed by atoms with E-state index in [9.17, 15) is 75.8 Å².